The van der Waals surface area contributed by atoms with E-state index >= 15 is 0 Å². The van der Waals surface area contributed by atoms with Crippen molar-refractivity contribution >= 4 is 0 Å². The van der Waals surface area contributed by atoms with Crippen LogP contribution in [-0.4, -0.2) is 30.6 Å². The van der Waals surface area contributed by atoms with Crippen LogP contribution in [0.15, 0.2) is 42.5 Å². The van der Waals surface area contributed by atoms with Crippen molar-refractivity contribution in [2.75, 3.05) is 19.6 Å². The van der Waals surface area contributed by atoms with Gasteiger partial charge in [-0.1, -0.05) is 30.3 Å². The largest absolute Gasteiger partial charge is 0.483 e. The van der Waals surface area contributed by atoms with Crippen LogP contribution in [0.4, 0.5) is 4.39 Å². The summed E-state index contributed by atoms with van der Waals surface area (Å²) in [5.41, 5.74) is 8.21. The monoisotopic (exact) mass is 351 g/mol. The van der Waals surface area contributed by atoms with Gasteiger partial charge in [-0.25, -0.2) is 4.39 Å². The quantitative estimate of drug-likeness (QED) is 0.920. The Labute approximate surface area is 153 Å². The molecule has 1 heterocycles. The first kappa shape index (κ1) is 17.0. The summed E-state index contributed by atoms with van der Waals surface area (Å²) in [6, 6.07) is 14.9. The fourth-order valence-electron chi connectivity index (χ4n) is 4.20. The van der Waals surface area contributed by atoms with E-state index in [0.717, 1.165) is 31.5 Å². The Morgan fingerprint density at radius 2 is 2.08 bits per heavy atom. The fourth-order valence-corrected chi connectivity index (χ4v) is 4.20. The molecule has 0 unspecified atom stereocenters. The van der Waals surface area contributed by atoms with Crippen molar-refractivity contribution in [3.63, 3.8) is 0 Å². The summed E-state index contributed by atoms with van der Waals surface area (Å²) in [6.45, 7) is 2.65. The van der Waals surface area contributed by atoms with Crippen LogP contribution in [0, 0.1) is 23.1 Å². The first-order chi connectivity index (χ1) is 12.7. The van der Waals surface area contributed by atoms with Gasteiger partial charge in [-0.2, -0.15) is 5.26 Å². The number of hydrogen-bond donors (Lipinski definition) is 1. The van der Waals surface area contributed by atoms with Gasteiger partial charge in [0.05, 0.1) is 6.04 Å². The maximum absolute atomic E-state index is 14.0. The second-order valence-corrected chi connectivity index (χ2v) is 7.12. The molecular weight excluding hydrogens is 329 g/mol. The van der Waals surface area contributed by atoms with Gasteiger partial charge < -0.3 is 10.5 Å². The van der Waals surface area contributed by atoms with Crippen molar-refractivity contribution in [1.29, 1.82) is 5.26 Å². The van der Waals surface area contributed by atoms with Crippen molar-refractivity contribution in [1.82, 2.24) is 4.90 Å². The summed E-state index contributed by atoms with van der Waals surface area (Å²) in [5, 5.41) is 9.32. The number of ether oxygens (including phenoxy) is 1. The summed E-state index contributed by atoms with van der Waals surface area (Å²) < 4.78 is 20.3. The molecule has 1 aliphatic heterocycles. The number of halogens is 1. The van der Waals surface area contributed by atoms with Crippen LogP contribution in [0.5, 0.6) is 5.75 Å². The molecule has 1 aliphatic carbocycles. The molecule has 4 nitrogen and oxygen atoms in total. The van der Waals surface area contributed by atoms with Crippen LogP contribution in [0.25, 0.3) is 0 Å². The number of likely N-dealkylation sites (tertiary alicyclic amines) is 1. The molecule has 2 aromatic rings. The third-order valence-corrected chi connectivity index (χ3v) is 5.60. The predicted molar refractivity (Wildman–Crippen MR) is 97.2 cm³/mol. The molecule has 0 aromatic heterocycles. The van der Waals surface area contributed by atoms with Gasteiger partial charge in [-0.05, 0) is 55.1 Å². The molecule has 1 saturated heterocycles. The van der Waals surface area contributed by atoms with Gasteiger partial charge in [0.15, 0.2) is 0 Å². The molecule has 134 valence electrons. The van der Waals surface area contributed by atoms with Crippen LogP contribution in [0.3, 0.4) is 0 Å². The average Bonchev–Trinajstić information content (AvgIpc) is 3.27. The van der Waals surface area contributed by atoms with Crippen molar-refractivity contribution < 1.29 is 9.13 Å². The van der Waals surface area contributed by atoms with Gasteiger partial charge >= 0.3 is 0 Å². The van der Waals surface area contributed by atoms with Crippen molar-refractivity contribution in [2.45, 2.75) is 25.0 Å². The SMILES string of the molecule is N#Cc1c(F)cccc1O[C@@H]1c2ccccc2C[C@H]1N1CC[C@H](CN)C1. The minimum Gasteiger partial charge on any atom is -0.483 e. The maximum atomic E-state index is 14.0. The lowest BCUT2D eigenvalue weighted by Crippen LogP contribution is -2.39. The number of fused-ring (bicyclic) bond motifs is 1. The second-order valence-electron chi connectivity index (χ2n) is 7.12. The highest BCUT2D eigenvalue weighted by molar-refractivity contribution is 5.45. The standard InChI is InChI=1S/C21H22FN3O/c22-18-6-3-7-20(17(18)12-24)26-21-16-5-2-1-4-15(16)10-19(21)25-9-8-14(11-23)13-25/h1-7,14,19,21H,8-11,13,23H2/t14-,19-,21-/m1/s1. The van der Waals surface area contributed by atoms with Gasteiger partial charge in [0.2, 0.25) is 0 Å². The molecule has 26 heavy (non-hydrogen) atoms. The van der Waals surface area contributed by atoms with Gasteiger partial charge in [-0.15, -0.1) is 0 Å². The van der Waals surface area contributed by atoms with E-state index in [0.29, 0.717) is 18.2 Å². The number of rotatable bonds is 4. The van der Waals surface area contributed by atoms with E-state index in [-0.39, 0.29) is 17.7 Å². The van der Waals surface area contributed by atoms with Gasteiger partial charge in [0.1, 0.15) is 29.3 Å². The molecule has 0 amide bonds. The first-order valence-corrected chi connectivity index (χ1v) is 9.08. The number of nitrogens with two attached hydrogens (primary N) is 1. The minimum atomic E-state index is -0.544. The Morgan fingerprint density at radius 3 is 2.85 bits per heavy atom. The number of hydrogen-bond acceptors (Lipinski definition) is 4. The highest BCUT2D eigenvalue weighted by atomic mass is 19.1. The lowest BCUT2D eigenvalue weighted by Gasteiger charge is -2.30. The third-order valence-electron chi connectivity index (χ3n) is 5.60. The van der Waals surface area contributed by atoms with Crippen LogP contribution in [0.1, 0.15) is 29.2 Å². The fraction of sp³-hybridized carbons (Fsp3) is 0.381. The Kier molecular flexibility index (Phi) is 4.62. The van der Waals surface area contributed by atoms with Gasteiger partial charge in [0.25, 0.3) is 0 Å². The van der Waals surface area contributed by atoms with E-state index in [4.69, 9.17) is 10.5 Å². The molecule has 2 aliphatic rings. The zero-order valence-electron chi connectivity index (χ0n) is 14.6. The van der Waals surface area contributed by atoms with Crippen molar-refractivity contribution in [3.05, 3.63) is 65.0 Å². The zero-order chi connectivity index (χ0) is 18.1. The molecule has 3 atom stereocenters. The second kappa shape index (κ2) is 7.06. The van der Waals surface area contributed by atoms with Crippen LogP contribution in [-0.2, 0) is 6.42 Å². The lowest BCUT2D eigenvalue weighted by atomic mass is 10.1. The smallest absolute Gasteiger partial charge is 0.144 e. The number of benzene rings is 2. The first-order valence-electron chi connectivity index (χ1n) is 9.08. The Balaban J connectivity index is 1.67. The van der Waals surface area contributed by atoms with Crippen LogP contribution >= 0.6 is 0 Å². The van der Waals surface area contributed by atoms with Crippen molar-refractivity contribution in [3.8, 4) is 11.8 Å². The van der Waals surface area contributed by atoms with E-state index in [1.807, 2.05) is 18.2 Å². The summed E-state index contributed by atoms with van der Waals surface area (Å²) in [6.07, 6.45) is 1.78. The minimum absolute atomic E-state index is 0.0307. The zero-order valence-corrected chi connectivity index (χ0v) is 14.6. The van der Waals surface area contributed by atoms with Crippen LogP contribution in [0.2, 0.25) is 0 Å². The molecular formula is C21H22FN3O. The molecule has 0 spiro atoms. The molecule has 2 N–H and O–H groups in total. The summed E-state index contributed by atoms with van der Waals surface area (Å²) >= 11 is 0. The maximum Gasteiger partial charge on any atom is 0.144 e. The highest BCUT2D eigenvalue weighted by Crippen LogP contribution is 2.40. The third kappa shape index (κ3) is 2.96. The summed E-state index contributed by atoms with van der Waals surface area (Å²) in [4.78, 5) is 2.44. The van der Waals surface area contributed by atoms with E-state index in [1.165, 1.54) is 11.6 Å². The van der Waals surface area contributed by atoms with Gasteiger partial charge in [-0.3, -0.25) is 4.90 Å². The van der Waals surface area contributed by atoms with E-state index in [1.54, 1.807) is 12.1 Å². The molecule has 0 saturated carbocycles. The van der Waals surface area contributed by atoms with Gasteiger partial charge in [0, 0.05) is 6.54 Å². The Morgan fingerprint density at radius 1 is 1.23 bits per heavy atom. The molecule has 0 bridgehead atoms. The number of nitriles is 1. The lowest BCUT2D eigenvalue weighted by molar-refractivity contribution is 0.0912. The molecule has 2 aromatic carbocycles. The molecule has 4 rings (SSSR count). The molecule has 5 heteroatoms. The van der Waals surface area contributed by atoms with E-state index < -0.39 is 5.82 Å². The molecule has 1 fully saturated rings. The van der Waals surface area contributed by atoms with Crippen molar-refractivity contribution in [2.24, 2.45) is 11.7 Å². The highest BCUT2D eigenvalue weighted by Gasteiger charge is 2.40. The summed E-state index contributed by atoms with van der Waals surface area (Å²) in [7, 11) is 0. The van der Waals surface area contributed by atoms with E-state index in [9.17, 15) is 9.65 Å². The normalized spacial score (nSPS) is 25.0. The Hall–Kier alpha value is -2.42. The Bertz CT molecular complexity index is 847. The summed E-state index contributed by atoms with van der Waals surface area (Å²) in [5.74, 6) is 0.286. The van der Waals surface area contributed by atoms with Crippen LogP contribution < -0.4 is 10.5 Å². The van der Waals surface area contributed by atoms with E-state index in [2.05, 4.69) is 17.0 Å². The molecule has 0 radical (unpaired) electrons. The topological polar surface area (TPSA) is 62.3 Å². The number of nitrogens with zero attached hydrogens (tertiary/aromatic N) is 2. The predicted octanol–water partition coefficient (Wildman–Crippen LogP) is 3.02. The average molecular weight is 351 g/mol.